The van der Waals surface area contributed by atoms with Crippen LogP contribution in [0.3, 0.4) is 0 Å². The number of carboxylic acids is 1. The Morgan fingerprint density at radius 1 is 1.50 bits per heavy atom. The fraction of sp³-hybridized carbons (Fsp3) is 0.300. The molecule has 0 unspecified atom stereocenters. The number of benzene rings is 1. The average molecular weight is 294 g/mol. The highest BCUT2D eigenvalue weighted by Crippen LogP contribution is 2.22. The molecule has 18 heavy (non-hydrogen) atoms. The number of aliphatic hydroxyl groups is 1. The fourth-order valence-corrected chi connectivity index (χ4v) is 2.80. The zero-order chi connectivity index (χ0) is 13.9. The minimum atomic E-state index is -3.95. The molecule has 100 valence electrons. The van der Waals surface area contributed by atoms with E-state index in [9.17, 15) is 13.2 Å². The molecule has 0 aliphatic heterocycles. The van der Waals surface area contributed by atoms with E-state index >= 15 is 0 Å². The molecule has 0 radical (unpaired) electrons. The first-order valence-corrected chi connectivity index (χ1v) is 6.80. The van der Waals surface area contributed by atoms with Gasteiger partial charge < -0.3 is 10.2 Å². The van der Waals surface area contributed by atoms with Crippen LogP contribution in [0.15, 0.2) is 23.1 Å². The van der Waals surface area contributed by atoms with Gasteiger partial charge in [-0.05, 0) is 25.1 Å². The number of halogens is 1. The Morgan fingerprint density at radius 2 is 2.11 bits per heavy atom. The van der Waals surface area contributed by atoms with Gasteiger partial charge in [-0.2, -0.15) is 0 Å². The van der Waals surface area contributed by atoms with Gasteiger partial charge in [0, 0.05) is 6.54 Å². The molecule has 0 aliphatic rings. The summed E-state index contributed by atoms with van der Waals surface area (Å²) in [6.45, 7) is 1.23. The number of aromatic carboxylic acids is 1. The van der Waals surface area contributed by atoms with Gasteiger partial charge >= 0.3 is 5.97 Å². The van der Waals surface area contributed by atoms with E-state index in [0.717, 1.165) is 6.07 Å². The molecule has 1 atom stereocenters. The van der Waals surface area contributed by atoms with E-state index in [1.54, 1.807) is 0 Å². The van der Waals surface area contributed by atoms with Crippen LogP contribution in [0, 0.1) is 0 Å². The number of nitrogens with one attached hydrogen (secondary N) is 1. The van der Waals surface area contributed by atoms with Crippen molar-refractivity contribution < 1.29 is 23.4 Å². The Balaban J connectivity index is 3.15. The van der Waals surface area contributed by atoms with Crippen molar-refractivity contribution in [3.8, 4) is 0 Å². The predicted molar refractivity (Wildman–Crippen MR) is 65.3 cm³/mol. The predicted octanol–water partition coefficient (Wildman–Crippen LogP) is 0.697. The fourth-order valence-electron chi connectivity index (χ4n) is 1.15. The van der Waals surface area contributed by atoms with E-state index in [-0.39, 0.29) is 22.0 Å². The first-order valence-electron chi connectivity index (χ1n) is 4.94. The third-order valence-electron chi connectivity index (χ3n) is 2.04. The molecule has 1 aromatic carbocycles. The molecule has 1 aromatic rings. The van der Waals surface area contributed by atoms with Crippen LogP contribution in [0.4, 0.5) is 0 Å². The van der Waals surface area contributed by atoms with Crippen molar-refractivity contribution in [2.75, 3.05) is 6.54 Å². The van der Waals surface area contributed by atoms with Crippen LogP contribution >= 0.6 is 11.6 Å². The van der Waals surface area contributed by atoms with Gasteiger partial charge in [0.1, 0.15) is 4.90 Å². The summed E-state index contributed by atoms with van der Waals surface area (Å²) in [6.07, 6.45) is -0.860. The minimum Gasteiger partial charge on any atom is -0.478 e. The van der Waals surface area contributed by atoms with Crippen molar-refractivity contribution in [2.45, 2.75) is 17.9 Å². The minimum absolute atomic E-state index is 0.0851. The van der Waals surface area contributed by atoms with Gasteiger partial charge in [-0.1, -0.05) is 11.6 Å². The lowest BCUT2D eigenvalue weighted by molar-refractivity contribution is 0.0696. The Morgan fingerprint density at radius 3 is 2.61 bits per heavy atom. The molecule has 0 heterocycles. The number of carbonyl (C=O) groups is 1. The Bertz CT molecular complexity index is 555. The Labute approximate surface area is 109 Å². The summed E-state index contributed by atoms with van der Waals surface area (Å²) in [5.41, 5.74) is -0.183. The molecule has 1 rings (SSSR count). The van der Waals surface area contributed by atoms with E-state index < -0.39 is 22.1 Å². The van der Waals surface area contributed by atoms with Crippen molar-refractivity contribution in [1.29, 1.82) is 0 Å². The van der Waals surface area contributed by atoms with Crippen LogP contribution in [-0.2, 0) is 10.0 Å². The van der Waals surface area contributed by atoms with E-state index in [2.05, 4.69) is 4.72 Å². The first kappa shape index (κ1) is 14.9. The Hall–Kier alpha value is -1.15. The zero-order valence-corrected chi connectivity index (χ0v) is 11.0. The SMILES string of the molecule is C[C@H](O)CNS(=O)(=O)c1cc(C(=O)O)ccc1Cl. The molecular formula is C10H12ClNO5S. The van der Waals surface area contributed by atoms with Crippen molar-refractivity contribution >= 4 is 27.6 Å². The third-order valence-corrected chi connectivity index (χ3v) is 3.94. The van der Waals surface area contributed by atoms with Crippen LogP contribution in [0.1, 0.15) is 17.3 Å². The summed E-state index contributed by atoms with van der Waals surface area (Å²) in [4.78, 5) is 10.4. The molecule has 0 aliphatic carbocycles. The summed E-state index contributed by atoms with van der Waals surface area (Å²) in [7, 11) is -3.95. The quantitative estimate of drug-likeness (QED) is 0.741. The van der Waals surface area contributed by atoms with Crippen LogP contribution in [0.5, 0.6) is 0 Å². The summed E-state index contributed by atoms with van der Waals surface area (Å²) < 4.78 is 25.8. The summed E-state index contributed by atoms with van der Waals surface area (Å²) in [5.74, 6) is -1.25. The van der Waals surface area contributed by atoms with Gasteiger partial charge in [0.2, 0.25) is 10.0 Å². The van der Waals surface area contributed by atoms with Gasteiger partial charge in [0.05, 0.1) is 16.7 Å². The molecule has 0 aromatic heterocycles. The van der Waals surface area contributed by atoms with Crippen LogP contribution < -0.4 is 4.72 Å². The molecule has 0 amide bonds. The lowest BCUT2D eigenvalue weighted by Gasteiger charge is -2.10. The second kappa shape index (κ2) is 5.66. The standard InChI is InChI=1S/C10H12ClNO5S/c1-6(13)5-12-18(16,17)9-4-7(10(14)15)2-3-8(9)11/h2-4,6,12-13H,5H2,1H3,(H,14,15)/t6-/m0/s1. The number of rotatable bonds is 5. The van der Waals surface area contributed by atoms with E-state index in [4.69, 9.17) is 21.8 Å². The van der Waals surface area contributed by atoms with Crippen molar-refractivity contribution in [3.05, 3.63) is 28.8 Å². The highest BCUT2D eigenvalue weighted by molar-refractivity contribution is 7.89. The van der Waals surface area contributed by atoms with Crippen LogP contribution in [0.2, 0.25) is 5.02 Å². The summed E-state index contributed by atoms with van der Waals surface area (Å²) in [5, 5.41) is 17.7. The summed E-state index contributed by atoms with van der Waals surface area (Å²) in [6, 6.07) is 3.37. The maximum Gasteiger partial charge on any atom is 0.335 e. The largest absolute Gasteiger partial charge is 0.478 e. The molecule has 8 heteroatoms. The highest BCUT2D eigenvalue weighted by Gasteiger charge is 2.20. The molecule has 3 N–H and O–H groups in total. The maximum absolute atomic E-state index is 11.8. The maximum atomic E-state index is 11.8. The molecule has 0 fully saturated rings. The van der Waals surface area contributed by atoms with E-state index in [1.807, 2.05) is 0 Å². The number of hydrogen-bond acceptors (Lipinski definition) is 4. The Kier molecular flexibility index (Phi) is 4.69. The van der Waals surface area contributed by atoms with Gasteiger partial charge in [0.25, 0.3) is 0 Å². The number of hydrogen-bond donors (Lipinski definition) is 3. The molecule has 0 bridgehead atoms. The first-order chi connectivity index (χ1) is 8.24. The van der Waals surface area contributed by atoms with Crippen LogP contribution in [0.25, 0.3) is 0 Å². The molecule has 0 saturated carbocycles. The van der Waals surface area contributed by atoms with E-state index in [0.29, 0.717) is 0 Å². The normalized spacial score (nSPS) is 13.3. The van der Waals surface area contributed by atoms with Crippen molar-refractivity contribution in [2.24, 2.45) is 0 Å². The zero-order valence-electron chi connectivity index (χ0n) is 9.42. The van der Waals surface area contributed by atoms with Gasteiger partial charge in [-0.25, -0.2) is 17.9 Å². The third kappa shape index (κ3) is 3.67. The number of sulfonamides is 1. The van der Waals surface area contributed by atoms with E-state index in [1.165, 1.54) is 19.1 Å². The van der Waals surface area contributed by atoms with Gasteiger partial charge in [-0.15, -0.1) is 0 Å². The van der Waals surface area contributed by atoms with Gasteiger partial charge in [-0.3, -0.25) is 0 Å². The topological polar surface area (TPSA) is 104 Å². The van der Waals surface area contributed by atoms with Crippen molar-refractivity contribution in [3.63, 3.8) is 0 Å². The molecular weight excluding hydrogens is 282 g/mol. The number of carboxylic acid groups (broad SMARTS) is 1. The molecule has 6 nitrogen and oxygen atoms in total. The highest BCUT2D eigenvalue weighted by atomic mass is 35.5. The lowest BCUT2D eigenvalue weighted by Crippen LogP contribution is -2.31. The average Bonchev–Trinajstić information content (AvgIpc) is 2.26. The second-order valence-corrected chi connectivity index (χ2v) is 5.79. The summed E-state index contributed by atoms with van der Waals surface area (Å²) >= 11 is 5.73. The lowest BCUT2D eigenvalue weighted by atomic mass is 10.2. The second-order valence-electron chi connectivity index (χ2n) is 3.65. The van der Waals surface area contributed by atoms with Crippen LogP contribution in [-0.4, -0.2) is 37.2 Å². The molecule has 0 saturated heterocycles. The monoisotopic (exact) mass is 293 g/mol. The number of aliphatic hydroxyl groups excluding tert-OH is 1. The smallest absolute Gasteiger partial charge is 0.335 e. The van der Waals surface area contributed by atoms with Gasteiger partial charge in [0.15, 0.2) is 0 Å². The van der Waals surface area contributed by atoms with Crippen molar-refractivity contribution in [1.82, 2.24) is 4.72 Å². The molecule has 0 spiro atoms.